The van der Waals surface area contributed by atoms with Gasteiger partial charge in [0.25, 0.3) is 0 Å². The van der Waals surface area contributed by atoms with Crippen molar-refractivity contribution in [3.05, 3.63) is 148 Å². The molecule has 11 heteroatoms. The van der Waals surface area contributed by atoms with Crippen molar-refractivity contribution in [1.29, 1.82) is 0 Å². The van der Waals surface area contributed by atoms with Gasteiger partial charge in [0.1, 0.15) is 5.75 Å². The van der Waals surface area contributed by atoms with Crippen LogP contribution in [0.5, 0.6) is 5.75 Å². The van der Waals surface area contributed by atoms with E-state index in [9.17, 15) is 18.0 Å². The number of halogens is 4. The van der Waals surface area contributed by atoms with E-state index in [4.69, 9.17) is 20.8 Å². The van der Waals surface area contributed by atoms with E-state index in [0.717, 1.165) is 22.8 Å². The number of aryl methyl sites for hydroxylation is 1. The van der Waals surface area contributed by atoms with Gasteiger partial charge in [-0.1, -0.05) is 96.5 Å². The number of carbonyl (C=O) groups excluding carboxylic acids is 1. The molecular formula is C37H36ClF3N4O3. The molecule has 0 aliphatic carbocycles. The van der Waals surface area contributed by atoms with E-state index in [-0.39, 0.29) is 36.4 Å². The molecule has 0 atom stereocenters. The van der Waals surface area contributed by atoms with Crippen molar-refractivity contribution in [2.45, 2.75) is 44.9 Å². The summed E-state index contributed by atoms with van der Waals surface area (Å²) in [6, 6.07) is 31.5. The standard InChI is InChI=1S/C37H36ClF3N4O3/c1-26-43-44-35(48-26)23-42-34(46)22-27-11-8-17-31(21-27)47-20-10-19-45(24-30-16-9-18-33(36(30)38)37(39,40)41)25-32(28-12-4-2-5-13-28)29-14-6-3-7-15-29/h2-9,11-18,21,32H,10,19-20,22-25H2,1H3,(H,42,46). The summed E-state index contributed by atoms with van der Waals surface area (Å²) in [6.07, 6.45) is -3.80. The van der Waals surface area contributed by atoms with Gasteiger partial charge in [-0.3, -0.25) is 9.69 Å². The molecule has 250 valence electrons. The Morgan fingerprint density at radius 1 is 0.938 bits per heavy atom. The number of aromatic nitrogens is 2. The average Bonchev–Trinajstić information content (AvgIpc) is 3.50. The Kier molecular flexibility index (Phi) is 11.9. The third kappa shape index (κ3) is 9.92. The van der Waals surface area contributed by atoms with E-state index in [0.29, 0.717) is 49.2 Å². The Balaban J connectivity index is 1.25. The molecule has 0 aliphatic rings. The van der Waals surface area contributed by atoms with Crippen molar-refractivity contribution < 1.29 is 27.1 Å². The second-order valence-corrected chi connectivity index (χ2v) is 11.8. The number of rotatable bonds is 15. The minimum Gasteiger partial charge on any atom is -0.494 e. The van der Waals surface area contributed by atoms with Crippen LogP contribution in [-0.4, -0.2) is 40.7 Å². The summed E-state index contributed by atoms with van der Waals surface area (Å²) in [5.41, 5.74) is 2.56. The first kappa shape index (κ1) is 34.7. The van der Waals surface area contributed by atoms with Gasteiger partial charge in [0, 0.05) is 32.5 Å². The fourth-order valence-corrected chi connectivity index (χ4v) is 5.78. The zero-order valence-electron chi connectivity index (χ0n) is 26.4. The molecule has 0 spiro atoms. The number of hydrogen-bond acceptors (Lipinski definition) is 6. The minimum absolute atomic E-state index is 0.0235. The van der Waals surface area contributed by atoms with Crippen LogP contribution in [0.25, 0.3) is 0 Å². The molecule has 4 aromatic carbocycles. The number of carbonyl (C=O) groups is 1. The second kappa shape index (κ2) is 16.4. The predicted octanol–water partition coefficient (Wildman–Crippen LogP) is 8.01. The van der Waals surface area contributed by atoms with Crippen molar-refractivity contribution in [3.8, 4) is 5.75 Å². The van der Waals surface area contributed by atoms with Crippen LogP contribution in [-0.2, 0) is 30.5 Å². The van der Waals surface area contributed by atoms with Crippen LogP contribution in [0.3, 0.4) is 0 Å². The van der Waals surface area contributed by atoms with E-state index >= 15 is 0 Å². The van der Waals surface area contributed by atoms with Gasteiger partial charge in [-0.05, 0) is 46.9 Å². The molecule has 0 bridgehead atoms. The quantitative estimate of drug-likeness (QED) is 0.113. The molecule has 1 amide bonds. The molecule has 0 aliphatic heterocycles. The van der Waals surface area contributed by atoms with Crippen LogP contribution in [0.15, 0.2) is 108 Å². The summed E-state index contributed by atoms with van der Waals surface area (Å²) >= 11 is 6.34. The molecule has 1 N–H and O–H groups in total. The summed E-state index contributed by atoms with van der Waals surface area (Å²) in [7, 11) is 0. The topological polar surface area (TPSA) is 80.5 Å². The monoisotopic (exact) mass is 676 g/mol. The molecule has 5 aromatic rings. The van der Waals surface area contributed by atoms with Gasteiger partial charge in [0.15, 0.2) is 0 Å². The molecule has 0 saturated heterocycles. The Morgan fingerprint density at radius 3 is 2.27 bits per heavy atom. The molecule has 1 heterocycles. The SMILES string of the molecule is Cc1nnc(CNC(=O)Cc2cccc(OCCCN(Cc3cccc(C(F)(F)F)c3Cl)CC(c3ccccc3)c3ccccc3)c2)o1. The first-order chi connectivity index (χ1) is 23.2. The van der Waals surface area contributed by atoms with Gasteiger partial charge in [-0.2, -0.15) is 13.2 Å². The van der Waals surface area contributed by atoms with Crippen LogP contribution in [0.1, 0.15) is 51.9 Å². The zero-order chi connectivity index (χ0) is 33.9. The Bertz CT molecular complexity index is 1730. The molecule has 48 heavy (non-hydrogen) atoms. The average molecular weight is 677 g/mol. The van der Waals surface area contributed by atoms with E-state index in [1.807, 2.05) is 60.7 Å². The Labute approximate surface area is 282 Å². The third-order valence-electron chi connectivity index (χ3n) is 7.78. The smallest absolute Gasteiger partial charge is 0.417 e. The van der Waals surface area contributed by atoms with Gasteiger partial charge in [0.05, 0.1) is 30.2 Å². The number of nitrogens with one attached hydrogen (secondary N) is 1. The molecular weight excluding hydrogens is 641 g/mol. The summed E-state index contributed by atoms with van der Waals surface area (Å²) in [6.45, 7) is 3.51. The Hall–Kier alpha value is -4.67. The van der Waals surface area contributed by atoms with Gasteiger partial charge >= 0.3 is 6.18 Å². The largest absolute Gasteiger partial charge is 0.494 e. The van der Waals surface area contributed by atoms with Crippen LogP contribution < -0.4 is 10.1 Å². The number of amides is 1. The van der Waals surface area contributed by atoms with Gasteiger partial charge < -0.3 is 14.5 Å². The number of alkyl halides is 3. The lowest BCUT2D eigenvalue weighted by molar-refractivity contribution is -0.137. The second-order valence-electron chi connectivity index (χ2n) is 11.4. The highest BCUT2D eigenvalue weighted by molar-refractivity contribution is 6.32. The highest BCUT2D eigenvalue weighted by atomic mass is 35.5. The van der Waals surface area contributed by atoms with Gasteiger partial charge in [-0.25, -0.2) is 0 Å². The lowest BCUT2D eigenvalue weighted by Gasteiger charge is -2.29. The lowest BCUT2D eigenvalue weighted by Crippen LogP contribution is -2.31. The summed E-state index contributed by atoms with van der Waals surface area (Å²) in [5.74, 6) is 1.16. The van der Waals surface area contributed by atoms with Crippen molar-refractivity contribution in [1.82, 2.24) is 20.4 Å². The zero-order valence-corrected chi connectivity index (χ0v) is 27.2. The van der Waals surface area contributed by atoms with E-state index in [1.165, 1.54) is 6.07 Å². The maximum absolute atomic E-state index is 13.7. The molecule has 5 rings (SSSR count). The number of benzene rings is 4. The van der Waals surface area contributed by atoms with Crippen molar-refractivity contribution in [2.75, 3.05) is 19.7 Å². The van der Waals surface area contributed by atoms with Crippen LogP contribution >= 0.6 is 11.6 Å². The number of ether oxygens (including phenoxy) is 1. The van der Waals surface area contributed by atoms with E-state index < -0.39 is 11.7 Å². The van der Waals surface area contributed by atoms with Crippen LogP contribution in [0.2, 0.25) is 5.02 Å². The molecule has 7 nitrogen and oxygen atoms in total. The molecule has 0 fully saturated rings. The Morgan fingerprint density at radius 2 is 1.62 bits per heavy atom. The summed E-state index contributed by atoms with van der Waals surface area (Å²) in [4.78, 5) is 14.6. The fourth-order valence-electron chi connectivity index (χ4n) is 5.48. The molecule has 0 radical (unpaired) electrons. The van der Waals surface area contributed by atoms with Gasteiger partial charge in [0.2, 0.25) is 17.7 Å². The number of hydrogen-bond donors (Lipinski definition) is 1. The first-order valence-electron chi connectivity index (χ1n) is 15.6. The molecule has 1 aromatic heterocycles. The highest BCUT2D eigenvalue weighted by Crippen LogP contribution is 2.37. The van der Waals surface area contributed by atoms with Crippen LogP contribution in [0.4, 0.5) is 13.2 Å². The minimum atomic E-state index is -4.55. The maximum Gasteiger partial charge on any atom is 0.417 e. The van der Waals surface area contributed by atoms with E-state index in [2.05, 4.69) is 44.7 Å². The summed E-state index contributed by atoms with van der Waals surface area (Å²) < 4.78 is 52.4. The molecule has 0 unspecified atom stereocenters. The van der Waals surface area contributed by atoms with Crippen molar-refractivity contribution in [3.63, 3.8) is 0 Å². The summed E-state index contributed by atoms with van der Waals surface area (Å²) in [5, 5.41) is 10.1. The predicted molar refractivity (Wildman–Crippen MR) is 178 cm³/mol. The van der Waals surface area contributed by atoms with Crippen molar-refractivity contribution >= 4 is 17.5 Å². The van der Waals surface area contributed by atoms with Crippen molar-refractivity contribution in [2.24, 2.45) is 0 Å². The van der Waals surface area contributed by atoms with Gasteiger partial charge in [-0.15, -0.1) is 10.2 Å². The lowest BCUT2D eigenvalue weighted by atomic mass is 9.90. The maximum atomic E-state index is 13.7. The normalized spacial score (nSPS) is 11.6. The number of nitrogens with zero attached hydrogens (tertiary/aromatic N) is 3. The van der Waals surface area contributed by atoms with Crippen LogP contribution in [0, 0.1) is 6.92 Å². The fraction of sp³-hybridized carbons (Fsp3) is 0.270. The third-order valence-corrected chi connectivity index (χ3v) is 8.22. The van der Waals surface area contributed by atoms with E-state index in [1.54, 1.807) is 13.0 Å². The molecule has 0 saturated carbocycles. The highest BCUT2D eigenvalue weighted by Gasteiger charge is 2.34. The first-order valence-corrected chi connectivity index (χ1v) is 16.0.